The average Bonchev–Trinajstić information content (AvgIpc) is 2.91. The third kappa shape index (κ3) is 2.49. The fraction of sp³-hybridized carbons (Fsp3) is 0.0769. The summed E-state index contributed by atoms with van der Waals surface area (Å²) in [6.45, 7) is 0. The highest BCUT2D eigenvalue weighted by Gasteiger charge is 2.33. The monoisotopic (exact) mass is 310 g/mol. The van der Waals surface area contributed by atoms with E-state index in [4.69, 9.17) is 0 Å². The minimum atomic E-state index is -4.46. The van der Waals surface area contributed by atoms with Crippen LogP contribution in [0.2, 0.25) is 0 Å². The van der Waals surface area contributed by atoms with Gasteiger partial charge in [-0.25, -0.2) is 4.98 Å². The molecule has 3 aromatic rings. The molecule has 4 nitrogen and oxygen atoms in total. The number of pyridine rings is 2. The summed E-state index contributed by atoms with van der Waals surface area (Å²) in [6.07, 6.45) is -1.67. The van der Waals surface area contributed by atoms with Gasteiger partial charge in [0.25, 0.3) is 0 Å². The molecule has 21 heavy (non-hydrogen) atoms. The highest BCUT2D eigenvalue weighted by Crippen LogP contribution is 2.33. The summed E-state index contributed by atoms with van der Waals surface area (Å²) in [6, 6.07) is 5.76. The van der Waals surface area contributed by atoms with Gasteiger partial charge in [0.1, 0.15) is 11.3 Å². The molecule has 0 amide bonds. The molecule has 0 bridgehead atoms. The quantitative estimate of drug-likeness (QED) is 0.738. The molecule has 0 fully saturated rings. The van der Waals surface area contributed by atoms with E-state index in [2.05, 4.69) is 15.0 Å². The Balaban J connectivity index is 2.17. The summed E-state index contributed by atoms with van der Waals surface area (Å²) in [5, 5.41) is 0.333. The predicted molar refractivity (Wildman–Crippen MR) is 70.6 cm³/mol. The van der Waals surface area contributed by atoms with Crippen molar-refractivity contribution in [3.05, 3.63) is 42.4 Å². The minimum absolute atomic E-state index is 0.143. The zero-order valence-corrected chi connectivity index (χ0v) is 11.1. The van der Waals surface area contributed by atoms with E-state index < -0.39 is 11.9 Å². The van der Waals surface area contributed by atoms with Gasteiger partial charge in [-0.3, -0.25) is 4.98 Å². The summed E-state index contributed by atoms with van der Waals surface area (Å²) in [5.41, 5.74) is 0.287. The summed E-state index contributed by atoms with van der Waals surface area (Å²) in [5.74, 6) is 0. The number of aromatic nitrogens is 3. The van der Waals surface area contributed by atoms with E-state index in [1.54, 1.807) is 18.2 Å². The maximum atomic E-state index is 12.7. The average molecular weight is 310 g/mol. The number of nitrogens with zero attached hydrogens (tertiary/aromatic N) is 2. The summed E-state index contributed by atoms with van der Waals surface area (Å²) >= 11 is 0.304. The summed E-state index contributed by atoms with van der Waals surface area (Å²) in [4.78, 5) is 10.7. The molecular formula is C13H7F3N3OS+. The molecule has 8 heteroatoms. The number of hydrogen-bond acceptors (Lipinski definition) is 3. The molecule has 0 saturated carbocycles. The number of alkyl halides is 3. The van der Waals surface area contributed by atoms with Crippen LogP contribution in [0.5, 0.6) is 0 Å². The molecule has 0 aromatic carbocycles. The molecular weight excluding hydrogens is 303 g/mol. The lowest BCUT2D eigenvalue weighted by Crippen LogP contribution is -2.04. The zero-order valence-electron chi connectivity index (χ0n) is 10.3. The van der Waals surface area contributed by atoms with Gasteiger partial charge in [-0.1, -0.05) is 0 Å². The molecule has 0 aliphatic rings. The van der Waals surface area contributed by atoms with Crippen LogP contribution in [0.4, 0.5) is 13.2 Å². The second kappa shape index (κ2) is 4.88. The summed E-state index contributed by atoms with van der Waals surface area (Å²) in [7, 11) is 0. The van der Waals surface area contributed by atoms with Crippen molar-refractivity contribution < 1.29 is 17.4 Å². The van der Waals surface area contributed by atoms with Crippen molar-refractivity contribution in [2.75, 3.05) is 0 Å². The maximum Gasteiger partial charge on any atom is 0.506 e. The first-order valence-electron chi connectivity index (χ1n) is 5.80. The number of hydrogen-bond donors (Lipinski definition) is 1. The number of halogens is 3. The Bertz CT molecular complexity index is 812. The third-order valence-corrected chi connectivity index (χ3v) is 3.38. The number of aromatic amines is 1. The molecule has 106 valence electrons. The van der Waals surface area contributed by atoms with Gasteiger partial charge in [-0.2, -0.15) is 13.2 Å². The Morgan fingerprint density at radius 2 is 1.95 bits per heavy atom. The van der Waals surface area contributed by atoms with E-state index in [1.165, 1.54) is 12.4 Å². The number of nitrogens with one attached hydrogen (secondary N) is 1. The van der Waals surface area contributed by atoms with Crippen molar-refractivity contribution in [2.45, 2.75) is 11.1 Å². The Morgan fingerprint density at radius 1 is 1.14 bits per heavy atom. The van der Waals surface area contributed by atoms with Crippen LogP contribution >= 0.6 is 0 Å². The minimum Gasteiger partial charge on any atom is -0.336 e. The van der Waals surface area contributed by atoms with Crippen LogP contribution in [0, 0.1) is 0 Å². The lowest BCUT2D eigenvalue weighted by atomic mass is 10.1. The number of fused-ring (bicyclic) bond motifs is 1. The standard InChI is InChI=1S/C13H7F3N3OS/c14-13(15,16)11-5-9-8(3-4-17-12(9)19-11)10-2-1-7(21-20)6-18-10/h1-6H,(H,17,19)/q+1. The normalized spacial score (nSPS) is 11.8. The van der Waals surface area contributed by atoms with Gasteiger partial charge in [0.15, 0.2) is 0 Å². The first-order chi connectivity index (χ1) is 9.99. The SMILES string of the molecule is O=[S+]c1ccc(-c2ccnc3[nH]c(C(F)(F)F)cc23)nc1. The molecule has 3 rings (SSSR count). The maximum absolute atomic E-state index is 12.7. The Morgan fingerprint density at radius 3 is 2.57 bits per heavy atom. The molecule has 0 unspecified atom stereocenters. The van der Waals surface area contributed by atoms with E-state index >= 15 is 0 Å². The molecule has 0 aliphatic carbocycles. The van der Waals surface area contributed by atoms with E-state index in [0.717, 1.165) is 6.07 Å². The number of H-pyrrole nitrogens is 1. The van der Waals surface area contributed by atoms with Crippen LogP contribution in [0.25, 0.3) is 22.3 Å². The summed E-state index contributed by atoms with van der Waals surface area (Å²) < 4.78 is 48.9. The second-order valence-electron chi connectivity index (χ2n) is 4.26. The molecule has 1 N–H and O–H groups in total. The lowest BCUT2D eigenvalue weighted by molar-refractivity contribution is -0.140. The van der Waals surface area contributed by atoms with Gasteiger partial charge in [-0.05, 0) is 18.2 Å². The van der Waals surface area contributed by atoms with E-state index in [-0.39, 0.29) is 5.65 Å². The van der Waals surface area contributed by atoms with Crippen LogP contribution in [0.3, 0.4) is 0 Å². The fourth-order valence-electron chi connectivity index (χ4n) is 1.99. The first kappa shape index (κ1) is 13.6. The van der Waals surface area contributed by atoms with Gasteiger partial charge in [0.2, 0.25) is 0 Å². The van der Waals surface area contributed by atoms with Crippen LogP contribution in [0.1, 0.15) is 5.69 Å². The molecule has 3 aromatic heterocycles. The second-order valence-corrected chi connectivity index (χ2v) is 4.90. The molecule has 0 atom stereocenters. The molecule has 0 saturated heterocycles. The van der Waals surface area contributed by atoms with Gasteiger partial charge >= 0.3 is 22.7 Å². The Kier molecular flexibility index (Phi) is 3.17. The molecule has 0 spiro atoms. The predicted octanol–water partition coefficient (Wildman–Crippen LogP) is 3.43. The Hall–Kier alpha value is -2.35. The van der Waals surface area contributed by atoms with Crippen molar-refractivity contribution in [1.82, 2.24) is 15.0 Å². The Labute approximate surface area is 120 Å². The van der Waals surface area contributed by atoms with E-state index in [1.807, 2.05) is 0 Å². The van der Waals surface area contributed by atoms with Gasteiger partial charge in [0, 0.05) is 27.4 Å². The highest BCUT2D eigenvalue weighted by molar-refractivity contribution is 7.65. The first-order valence-corrected chi connectivity index (χ1v) is 6.54. The topological polar surface area (TPSA) is 58.6 Å². The van der Waals surface area contributed by atoms with Crippen molar-refractivity contribution in [2.24, 2.45) is 0 Å². The van der Waals surface area contributed by atoms with Gasteiger partial charge < -0.3 is 4.98 Å². The molecule has 0 aliphatic heterocycles. The molecule has 3 heterocycles. The van der Waals surface area contributed by atoms with Gasteiger partial charge in [0.05, 0.1) is 11.9 Å². The zero-order chi connectivity index (χ0) is 15.0. The van der Waals surface area contributed by atoms with Crippen molar-refractivity contribution in [3.63, 3.8) is 0 Å². The largest absolute Gasteiger partial charge is 0.506 e. The highest BCUT2D eigenvalue weighted by atomic mass is 32.1. The van der Waals surface area contributed by atoms with Crippen molar-refractivity contribution in [1.29, 1.82) is 0 Å². The van der Waals surface area contributed by atoms with Crippen LogP contribution in [-0.2, 0) is 22.1 Å². The van der Waals surface area contributed by atoms with E-state index in [9.17, 15) is 17.4 Å². The van der Waals surface area contributed by atoms with Gasteiger partial charge in [-0.15, -0.1) is 0 Å². The molecule has 0 radical (unpaired) electrons. The van der Waals surface area contributed by atoms with Crippen LogP contribution in [0.15, 0.2) is 41.6 Å². The smallest absolute Gasteiger partial charge is 0.336 e. The van der Waals surface area contributed by atoms with Crippen molar-refractivity contribution in [3.8, 4) is 11.3 Å². The van der Waals surface area contributed by atoms with Crippen LogP contribution in [-0.4, -0.2) is 15.0 Å². The fourth-order valence-corrected chi connectivity index (χ4v) is 2.21. The lowest BCUT2D eigenvalue weighted by Gasteiger charge is -2.01. The van der Waals surface area contributed by atoms with Crippen LogP contribution < -0.4 is 0 Å². The van der Waals surface area contributed by atoms with E-state index in [0.29, 0.717) is 33.2 Å². The van der Waals surface area contributed by atoms with Crippen molar-refractivity contribution >= 4 is 22.7 Å². The third-order valence-electron chi connectivity index (χ3n) is 2.95. The number of rotatable bonds is 2.